The van der Waals surface area contributed by atoms with E-state index in [0.29, 0.717) is 30.7 Å². The summed E-state index contributed by atoms with van der Waals surface area (Å²) in [6.07, 6.45) is 11.0. The summed E-state index contributed by atoms with van der Waals surface area (Å²) in [6.45, 7) is 4.10. The summed E-state index contributed by atoms with van der Waals surface area (Å²) in [5.74, 6) is -0.00154. The molecule has 1 aliphatic carbocycles. The molecule has 43 heavy (non-hydrogen) atoms. The van der Waals surface area contributed by atoms with Crippen LogP contribution in [-0.4, -0.2) is 12.0 Å². The molecule has 0 radical (unpaired) electrons. The Morgan fingerprint density at radius 3 is 2.26 bits per heavy atom. The van der Waals surface area contributed by atoms with Crippen molar-refractivity contribution in [3.63, 3.8) is 0 Å². The van der Waals surface area contributed by atoms with Gasteiger partial charge in [-0.25, -0.2) is 4.39 Å². The van der Waals surface area contributed by atoms with Gasteiger partial charge in [0.15, 0.2) is 0 Å². The van der Waals surface area contributed by atoms with Crippen LogP contribution in [-0.2, 0) is 29.2 Å². The highest BCUT2D eigenvalue weighted by atomic mass is 19.4. The number of halogens is 4. The summed E-state index contributed by atoms with van der Waals surface area (Å²) >= 11 is 0. The molecule has 0 saturated heterocycles. The van der Waals surface area contributed by atoms with E-state index in [1.54, 1.807) is 12.1 Å². The SMILES string of the molecule is CCCCC(=O)Cc1ccc(CCCCC2=CCCC=NC(C(C)CCC3(c4ccc(C(F)(F)F)cc4)CC3)=C2F)cc1. The fraction of sp³-hybridized carbons (Fsp3) is 0.514. The molecule has 232 valence electrons. The largest absolute Gasteiger partial charge is 0.416 e. The van der Waals surface area contributed by atoms with Gasteiger partial charge in [-0.15, -0.1) is 0 Å². The molecule has 1 unspecified atom stereocenters. The van der Waals surface area contributed by atoms with Gasteiger partial charge in [0.2, 0.25) is 0 Å². The number of aryl methyl sites for hydroxylation is 1. The summed E-state index contributed by atoms with van der Waals surface area (Å²) in [4.78, 5) is 16.6. The molecule has 6 heteroatoms. The first kappa shape index (κ1) is 32.9. The van der Waals surface area contributed by atoms with Crippen LogP contribution in [0.4, 0.5) is 17.6 Å². The monoisotopic (exact) mass is 595 g/mol. The highest BCUT2D eigenvalue weighted by Gasteiger charge is 2.44. The first-order valence-corrected chi connectivity index (χ1v) is 16.0. The van der Waals surface area contributed by atoms with Gasteiger partial charge in [0, 0.05) is 25.0 Å². The molecule has 2 aromatic rings. The second-order valence-corrected chi connectivity index (χ2v) is 12.5. The van der Waals surface area contributed by atoms with Gasteiger partial charge in [0.1, 0.15) is 11.6 Å². The van der Waals surface area contributed by atoms with Crippen LogP contribution >= 0.6 is 0 Å². The van der Waals surface area contributed by atoms with E-state index in [1.807, 2.05) is 31.3 Å². The number of ketones is 1. The van der Waals surface area contributed by atoms with Crippen LogP contribution in [0.15, 0.2) is 76.7 Å². The van der Waals surface area contributed by atoms with Crippen molar-refractivity contribution in [2.45, 2.75) is 115 Å². The Morgan fingerprint density at radius 2 is 1.60 bits per heavy atom. The van der Waals surface area contributed by atoms with E-state index < -0.39 is 11.7 Å². The Labute approximate surface area is 254 Å². The molecular weight excluding hydrogens is 550 g/mol. The second kappa shape index (κ2) is 15.1. The minimum absolute atomic E-state index is 0.0861. The average Bonchev–Trinajstić information content (AvgIpc) is 3.78. The molecule has 1 heterocycles. The molecule has 1 saturated carbocycles. The van der Waals surface area contributed by atoms with Crippen molar-refractivity contribution in [2.24, 2.45) is 10.9 Å². The maximum absolute atomic E-state index is 15.9. The van der Waals surface area contributed by atoms with Crippen LogP contribution < -0.4 is 0 Å². The van der Waals surface area contributed by atoms with Crippen LogP contribution in [0.25, 0.3) is 0 Å². The van der Waals surface area contributed by atoms with Crippen molar-refractivity contribution in [3.8, 4) is 0 Å². The third-order valence-corrected chi connectivity index (χ3v) is 9.02. The maximum atomic E-state index is 15.9. The van der Waals surface area contributed by atoms with Gasteiger partial charge in [0.05, 0.1) is 11.3 Å². The topological polar surface area (TPSA) is 29.4 Å². The van der Waals surface area contributed by atoms with E-state index in [-0.39, 0.29) is 17.2 Å². The van der Waals surface area contributed by atoms with Crippen LogP contribution in [0, 0.1) is 5.92 Å². The van der Waals surface area contributed by atoms with Crippen molar-refractivity contribution < 1.29 is 22.4 Å². The zero-order valence-corrected chi connectivity index (χ0v) is 25.6. The molecule has 1 aliphatic heterocycles. The van der Waals surface area contributed by atoms with E-state index in [4.69, 9.17) is 0 Å². The van der Waals surface area contributed by atoms with E-state index in [2.05, 4.69) is 24.0 Å². The summed E-state index contributed by atoms with van der Waals surface area (Å²) < 4.78 is 54.9. The van der Waals surface area contributed by atoms with Crippen LogP contribution in [0.2, 0.25) is 0 Å². The zero-order valence-electron chi connectivity index (χ0n) is 25.6. The van der Waals surface area contributed by atoms with E-state index in [9.17, 15) is 18.0 Å². The van der Waals surface area contributed by atoms with Gasteiger partial charge in [-0.2, -0.15) is 13.2 Å². The summed E-state index contributed by atoms with van der Waals surface area (Å²) in [7, 11) is 0. The van der Waals surface area contributed by atoms with E-state index in [0.717, 1.165) is 87.3 Å². The molecule has 4 rings (SSSR count). The van der Waals surface area contributed by atoms with Crippen molar-refractivity contribution in [3.05, 3.63) is 94.0 Å². The lowest BCUT2D eigenvalue weighted by atomic mass is 9.86. The van der Waals surface area contributed by atoms with Crippen LogP contribution in [0.1, 0.15) is 113 Å². The Kier molecular flexibility index (Phi) is 11.6. The Bertz CT molecular complexity index is 1300. The number of benzene rings is 2. The third-order valence-electron chi connectivity index (χ3n) is 9.02. The normalized spacial score (nSPS) is 17.3. The standard InChI is InChI=1S/C37H45F4NO/c1-3-4-12-33(43)26-29-15-13-28(14-16-29)9-5-6-10-30-11-7-8-25-42-35(34(30)38)27(2)21-22-36(23-24-36)31-17-19-32(20-18-31)37(39,40)41/h11,13-20,25,27H,3-10,12,21-24,26H2,1-2H3. The number of Topliss-reactive ketones (excluding diaryl/α,β-unsaturated/α-hetero) is 1. The lowest BCUT2D eigenvalue weighted by Gasteiger charge is -2.21. The van der Waals surface area contributed by atoms with Gasteiger partial charge in [-0.1, -0.05) is 62.7 Å². The number of carbonyl (C=O) groups excluding carboxylic acids is 1. The summed E-state index contributed by atoms with van der Waals surface area (Å²) in [5, 5.41) is 0. The molecule has 0 bridgehead atoms. The van der Waals surface area contributed by atoms with Gasteiger partial charge in [0.25, 0.3) is 0 Å². The van der Waals surface area contributed by atoms with E-state index in [1.165, 1.54) is 17.7 Å². The molecular formula is C37H45F4NO. The first-order chi connectivity index (χ1) is 20.6. The quantitative estimate of drug-likeness (QED) is 0.149. The number of hydrogen-bond donors (Lipinski definition) is 0. The molecule has 1 atom stereocenters. The Morgan fingerprint density at radius 1 is 0.930 bits per heavy atom. The fourth-order valence-corrected chi connectivity index (χ4v) is 6.00. The molecule has 2 aromatic carbocycles. The Balaban J connectivity index is 1.29. The lowest BCUT2D eigenvalue weighted by Crippen LogP contribution is -2.12. The number of nitrogens with zero attached hydrogens (tertiary/aromatic N) is 1. The van der Waals surface area contributed by atoms with Crippen LogP contribution in [0.5, 0.6) is 0 Å². The molecule has 1 fully saturated rings. The van der Waals surface area contributed by atoms with Crippen molar-refractivity contribution in [1.82, 2.24) is 0 Å². The van der Waals surface area contributed by atoms with Crippen molar-refractivity contribution >= 4 is 12.0 Å². The highest BCUT2D eigenvalue weighted by molar-refractivity contribution is 5.80. The predicted molar refractivity (Wildman–Crippen MR) is 167 cm³/mol. The number of aliphatic imine (C=N–C) groups is 1. The molecule has 2 aliphatic rings. The first-order valence-electron chi connectivity index (χ1n) is 16.0. The van der Waals surface area contributed by atoms with Gasteiger partial charge in [-0.3, -0.25) is 9.79 Å². The lowest BCUT2D eigenvalue weighted by molar-refractivity contribution is -0.137. The number of hydrogen-bond acceptors (Lipinski definition) is 2. The molecule has 0 amide bonds. The minimum atomic E-state index is -4.34. The van der Waals surface area contributed by atoms with Gasteiger partial charge < -0.3 is 0 Å². The molecule has 0 aromatic heterocycles. The molecule has 0 N–H and O–H groups in total. The zero-order chi connectivity index (χ0) is 30.9. The number of carbonyl (C=O) groups is 1. The molecule has 0 spiro atoms. The minimum Gasteiger partial charge on any atom is -0.299 e. The summed E-state index contributed by atoms with van der Waals surface area (Å²) in [6, 6.07) is 13.9. The Hall–Kier alpha value is -3.02. The third kappa shape index (κ3) is 9.48. The predicted octanol–water partition coefficient (Wildman–Crippen LogP) is 10.8. The number of alkyl halides is 3. The fourth-order valence-electron chi connectivity index (χ4n) is 6.00. The number of rotatable bonds is 15. The number of allylic oxidation sites excluding steroid dienone is 4. The van der Waals surface area contributed by atoms with Crippen molar-refractivity contribution in [1.29, 1.82) is 0 Å². The van der Waals surface area contributed by atoms with Gasteiger partial charge in [-0.05, 0) is 110 Å². The van der Waals surface area contributed by atoms with Gasteiger partial charge >= 0.3 is 6.18 Å². The number of unbranched alkanes of at least 4 members (excludes halogenated alkanes) is 2. The van der Waals surface area contributed by atoms with E-state index >= 15 is 4.39 Å². The average molecular weight is 596 g/mol. The maximum Gasteiger partial charge on any atom is 0.416 e. The second-order valence-electron chi connectivity index (χ2n) is 12.5. The van der Waals surface area contributed by atoms with Crippen LogP contribution in [0.3, 0.4) is 0 Å². The smallest absolute Gasteiger partial charge is 0.299 e. The molecule has 2 nitrogen and oxygen atoms in total. The van der Waals surface area contributed by atoms with Crippen molar-refractivity contribution in [2.75, 3.05) is 0 Å². The highest BCUT2D eigenvalue weighted by Crippen LogP contribution is 2.53. The summed E-state index contributed by atoms with van der Waals surface area (Å²) in [5.41, 5.74) is 3.74.